The highest BCUT2D eigenvalue weighted by atomic mass is 35.5. The van der Waals surface area contributed by atoms with Gasteiger partial charge in [0.1, 0.15) is 17.6 Å². The third-order valence-electron chi connectivity index (χ3n) is 4.79. The second kappa shape index (κ2) is 8.32. The standard InChI is InChI=1S/C21H20ClFN2O4/c1-25(2)17(26)9-13-7-11(6-12-4-3-5-16(22)18(12)23)8-14-19(13)24-10-15(20(14)27)21(28)29/h3-5,7-8,10,17,26H,6,9H2,1-2H3,(H,24,27)(H,28,29). The van der Waals surface area contributed by atoms with Crippen LogP contribution in [0.5, 0.6) is 0 Å². The van der Waals surface area contributed by atoms with Crippen molar-refractivity contribution in [3.63, 3.8) is 0 Å². The molecule has 152 valence electrons. The molecule has 0 saturated heterocycles. The number of H-pyrrole nitrogens is 1. The summed E-state index contributed by atoms with van der Waals surface area (Å²) in [7, 11) is 3.42. The average Bonchev–Trinajstić information content (AvgIpc) is 2.66. The normalized spacial score (nSPS) is 12.5. The van der Waals surface area contributed by atoms with Crippen LogP contribution in [0.4, 0.5) is 4.39 Å². The molecule has 0 aliphatic carbocycles. The minimum Gasteiger partial charge on any atom is -0.477 e. The molecule has 0 fully saturated rings. The van der Waals surface area contributed by atoms with E-state index >= 15 is 0 Å². The number of likely N-dealkylation sites (N-methyl/N-ethyl adjacent to an activating group) is 1. The predicted molar refractivity (Wildman–Crippen MR) is 109 cm³/mol. The van der Waals surface area contributed by atoms with E-state index in [0.29, 0.717) is 22.2 Å². The first-order valence-electron chi connectivity index (χ1n) is 8.87. The third kappa shape index (κ3) is 4.32. The smallest absolute Gasteiger partial charge is 0.341 e. The van der Waals surface area contributed by atoms with Gasteiger partial charge in [0.25, 0.3) is 0 Å². The van der Waals surface area contributed by atoms with Gasteiger partial charge in [0.15, 0.2) is 0 Å². The summed E-state index contributed by atoms with van der Waals surface area (Å²) in [5, 5.41) is 19.7. The molecule has 8 heteroatoms. The van der Waals surface area contributed by atoms with Crippen LogP contribution in [-0.2, 0) is 12.8 Å². The number of pyridine rings is 1. The maximum Gasteiger partial charge on any atom is 0.341 e. The monoisotopic (exact) mass is 418 g/mol. The second-order valence-corrected chi connectivity index (χ2v) is 7.46. The topological polar surface area (TPSA) is 93.6 Å². The van der Waals surface area contributed by atoms with E-state index in [1.54, 1.807) is 43.3 Å². The van der Waals surface area contributed by atoms with Gasteiger partial charge in [0, 0.05) is 24.4 Å². The van der Waals surface area contributed by atoms with E-state index in [1.807, 2.05) is 0 Å². The fourth-order valence-corrected chi connectivity index (χ4v) is 3.37. The molecule has 1 atom stereocenters. The number of carbonyl (C=O) groups is 1. The van der Waals surface area contributed by atoms with E-state index in [9.17, 15) is 24.2 Å². The van der Waals surface area contributed by atoms with Gasteiger partial charge in [0.05, 0.1) is 10.5 Å². The van der Waals surface area contributed by atoms with Crippen molar-refractivity contribution in [2.75, 3.05) is 14.1 Å². The molecule has 0 aliphatic rings. The van der Waals surface area contributed by atoms with E-state index in [0.717, 1.165) is 6.20 Å². The van der Waals surface area contributed by atoms with Crippen LogP contribution in [0.15, 0.2) is 41.3 Å². The van der Waals surface area contributed by atoms with E-state index in [-0.39, 0.29) is 28.8 Å². The second-order valence-electron chi connectivity index (χ2n) is 7.05. The highest BCUT2D eigenvalue weighted by Gasteiger charge is 2.18. The molecule has 1 heterocycles. The number of nitrogens with one attached hydrogen (secondary N) is 1. The summed E-state index contributed by atoms with van der Waals surface area (Å²) in [4.78, 5) is 28.5. The number of halogens is 2. The first-order chi connectivity index (χ1) is 13.7. The Morgan fingerprint density at radius 1 is 1.28 bits per heavy atom. The average molecular weight is 419 g/mol. The Morgan fingerprint density at radius 3 is 2.66 bits per heavy atom. The van der Waals surface area contributed by atoms with Gasteiger partial charge >= 0.3 is 5.97 Å². The van der Waals surface area contributed by atoms with E-state index in [4.69, 9.17) is 11.6 Å². The molecule has 0 saturated carbocycles. The lowest BCUT2D eigenvalue weighted by atomic mass is 9.96. The summed E-state index contributed by atoms with van der Waals surface area (Å²) in [6.45, 7) is 0. The molecule has 3 rings (SSSR count). The fourth-order valence-electron chi connectivity index (χ4n) is 3.18. The van der Waals surface area contributed by atoms with Crippen molar-refractivity contribution in [2.24, 2.45) is 0 Å². The van der Waals surface area contributed by atoms with Crippen LogP contribution in [0.3, 0.4) is 0 Å². The Balaban J connectivity index is 2.19. The Kier molecular flexibility index (Phi) is 6.02. The van der Waals surface area contributed by atoms with Gasteiger partial charge < -0.3 is 15.2 Å². The van der Waals surface area contributed by atoms with Crippen molar-refractivity contribution in [3.8, 4) is 0 Å². The largest absolute Gasteiger partial charge is 0.477 e. The van der Waals surface area contributed by atoms with Gasteiger partial charge in [-0.25, -0.2) is 9.18 Å². The van der Waals surface area contributed by atoms with Crippen LogP contribution in [0.25, 0.3) is 10.9 Å². The number of hydrogen-bond acceptors (Lipinski definition) is 4. The quantitative estimate of drug-likeness (QED) is 0.535. The highest BCUT2D eigenvalue weighted by Crippen LogP contribution is 2.24. The number of carboxylic acids is 1. The summed E-state index contributed by atoms with van der Waals surface area (Å²) in [6.07, 6.45) is 0.676. The maximum atomic E-state index is 14.3. The Morgan fingerprint density at radius 2 is 2.00 bits per heavy atom. The highest BCUT2D eigenvalue weighted by molar-refractivity contribution is 6.30. The van der Waals surface area contributed by atoms with Crippen molar-refractivity contribution in [1.29, 1.82) is 0 Å². The number of fused-ring (bicyclic) bond motifs is 1. The molecule has 29 heavy (non-hydrogen) atoms. The first-order valence-corrected chi connectivity index (χ1v) is 9.24. The Labute approximate surface area is 171 Å². The number of benzene rings is 2. The fraction of sp³-hybridized carbons (Fsp3) is 0.238. The predicted octanol–water partition coefficient (Wildman–Crippen LogP) is 3.03. The minimum absolute atomic E-state index is 0.00227. The number of nitrogens with zero attached hydrogens (tertiary/aromatic N) is 1. The van der Waals surface area contributed by atoms with Crippen LogP contribution in [0.1, 0.15) is 27.0 Å². The molecule has 0 radical (unpaired) electrons. The summed E-state index contributed by atoms with van der Waals surface area (Å²) < 4.78 is 14.3. The number of aliphatic hydroxyl groups is 1. The molecule has 1 unspecified atom stereocenters. The molecule has 2 aromatic carbocycles. The third-order valence-corrected chi connectivity index (χ3v) is 5.08. The number of carboxylic acid groups (broad SMARTS) is 1. The number of hydrogen-bond donors (Lipinski definition) is 3. The number of aromatic amines is 1. The van der Waals surface area contributed by atoms with Crippen molar-refractivity contribution in [3.05, 3.63) is 79.8 Å². The molecule has 6 nitrogen and oxygen atoms in total. The maximum absolute atomic E-state index is 14.3. The molecular weight excluding hydrogens is 399 g/mol. The molecule has 0 bridgehead atoms. The summed E-state index contributed by atoms with van der Waals surface area (Å²) in [6, 6.07) is 7.99. The van der Waals surface area contributed by atoms with Crippen LogP contribution < -0.4 is 5.43 Å². The van der Waals surface area contributed by atoms with Gasteiger partial charge in [-0.2, -0.15) is 0 Å². The van der Waals surface area contributed by atoms with Crippen molar-refractivity contribution in [1.82, 2.24) is 9.88 Å². The molecule has 3 N–H and O–H groups in total. The zero-order valence-electron chi connectivity index (χ0n) is 15.9. The van der Waals surface area contributed by atoms with Gasteiger partial charge in [0.2, 0.25) is 5.43 Å². The summed E-state index contributed by atoms with van der Waals surface area (Å²) in [5.41, 5.74) is 0.990. The van der Waals surface area contributed by atoms with Gasteiger partial charge in [-0.1, -0.05) is 29.8 Å². The van der Waals surface area contributed by atoms with E-state index in [2.05, 4.69) is 4.98 Å². The van der Waals surface area contributed by atoms with E-state index in [1.165, 1.54) is 6.07 Å². The Hall–Kier alpha value is -2.74. The minimum atomic E-state index is -1.34. The van der Waals surface area contributed by atoms with Gasteiger partial charge in [-0.15, -0.1) is 0 Å². The molecule has 0 aliphatic heterocycles. The van der Waals surface area contributed by atoms with Crippen molar-refractivity contribution < 1.29 is 19.4 Å². The summed E-state index contributed by atoms with van der Waals surface area (Å²) in [5.74, 6) is -1.88. The van der Waals surface area contributed by atoms with Gasteiger partial charge in [-0.3, -0.25) is 9.69 Å². The summed E-state index contributed by atoms with van der Waals surface area (Å²) >= 11 is 5.86. The van der Waals surface area contributed by atoms with Crippen LogP contribution in [0.2, 0.25) is 5.02 Å². The van der Waals surface area contributed by atoms with Crippen molar-refractivity contribution >= 4 is 28.5 Å². The number of aromatic nitrogens is 1. The van der Waals surface area contributed by atoms with E-state index < -0.39 is 23.4 Å². The first kappa shape index (κ1) is 21.0. The lowest BCUT2D eigenvalue weighted by Gasteiger charge is -2.20. The van der Waals surface area contributed by atoms with Crippen LogP contribution >= 0.6 is 11.6 Å². The number of rotatable bonds is 6. The SMILES string of the molecule is CN(C)C(O)Cc1cc(Cc2cccc(Cl)c2F)cc2c(=O)c(C(=O)O)c[nH]c12. The molecule has 1 aromatic heterocycles. The zero-order valence-corrected chi connectivity index (χ0v) is 16.6. The lowest BCUT2D eigenvalue weighted by Crippen LogP contribution is -2.29. The lowest BCUT2D eigenvalue weighted by molar-refractivity contribution is 0.0415. The van der Waals surface area contributed by atoms with Gasteiger partial charge in [-0.05, 0) is 42.9 Å². The Bertz CT molecular complexity index is 1140. The van der Waals surface area contributed by atoms with Crippen LogP contribution in [-0.4, -0.2) is 46.4 Å². The molecular formula is C21H20ClFN2O4. The number of aromatic carboxylic acids is 1. The molecule has 0 amide bonds. The molecule has 0 spiro atoms. The van der Waals surface area contributed by atoms with Crippen molar-refractivity contribution in [2.45, 2.75) is 19.1 Å². The van der Waals surface area contributed by atoms with Crippen LogP contribution in [0, 0.1) is 5.82 Å². The number of aliphatic hydroxyl groups excluding tert-OH is 1. The zero-order chi connectivity index (χ0) is 21.3. The molecule has 3 aromatic rings.